The molecule has 0 spiro atoms. The van der Waals surface area contributed by atoms with E-state index in [-0.39, 0.29) is 0 Å². The van der Waals surface area contributed by atoms with E-state index in [2.05, 4.69) is 15.0 Å². The van der Waals surface area contributed by atoms with Crippen molar-refractivity contribution in [2.45, 2.75) is 13.5 Å². The molecular formula is C12H15N5. The molecule has 5 nitrogen and oxygen atoms in total. The summed E-state index contributed by atoms with van der Waals surface area (Å²) in [6.45, 7) is 2.67. The SMILES string of the molecule is Cc1cccc(CN(C)c2cnc(N)cn2)n1. The minimum atomic E-state index is 0.427. The minimum absolute atomic E-state index is 0.427. The van der Waals surface area contributed by atoms with E-state index in [4.69, 9.17) is 5.73 Å². The Morgan fingerprint density at radius 2 is 2.06 bits per heavy atom. The molecule has 0 amide bonds. The first-order valence-corrected chi connectivity index (χ1v) is 5.36. The van der Waals surface area contributed by atoms with Crippen molar-refractivity contribution in [1.82, 2.24) is 15.0 Å². The van der Waals surface area contributed by atoms with E-state index in [9.17, 15) is 0 Å². The molecule has 0 aromatic carbocycles. The first-order valence-electron chi connectivity index (χ1n) is 5.36. The number of anilines is 2. The fraction of sp³-hybridized carbons (Fsp3) is 0.250. The third-order valence-electron chi connectivity index (χ3n) is 2.39. The molecule has 0 aliphatic rings. The molecule has 0 aliphatic carbocycles. The number of rotatable bonds is 3. The van der Waals surface area contributed by atoms with Crippen LogP contribution in [0.3, 0.4) is 0 Å². The Labute approximate surface area is 100 Å². The average molecular weight is 229 g/mol. The Kier molecular flexibility index (Phi) is 3.18. The third-order valence-corrected chi connectivity index (χ3v) is 2.39. The highest BCUT2D eigenvalue weighted by Gasteiger charge is 2.04. The quantitative estimate of drug-likeness (QED) is 0.861. The molecule has 0 unspecified atom stereocenters. The molecular weight excluding hydrogens is 214 g/mol. The monoisotopic (exact) mass is 229 g/mol. The molecule has 2 aromatic rings. The second-order valence-electron chi connectivity index (χ2n) is 3.93. The number of hydrogen-bond donors (Lipinski definition) is 1. The number of pyridine rings is 1. The molecule has 2 N–H and O–H groups in total. The summed E-state index contributed by atoms with van der Waals surface area (Å²) in [6.07, 6.45) is 3.21. The van der Waals surface area contributed by atoms with E-state index in [0.29, 0.717) is 12.4 Å². The largest absolute Gasteiger partial charge is 0.382 e. The third kappa shape index (κ3) is 2.90. The number of nitrogen functional groups attached to an aromatic ring is 1. The number of nitrogens with zero attached hydrogens (tertiary/aromatic N) is 4. The van der Waals surface area contributed by atoms with Crippen molar-refractivity contribution in [3.63, 3.8) is 0 Å². The minimum Gasteiger partial charge on any atom is -0.382 e. The van der Waals surface area contributed by atoms with E-state index in [1.807, 2.05) is 37.1 Å². The van der Waals surface area contributed by atoms with Gasteiger partial charge in [-0.1, -0.05) is 6.07 Å². The molecule has 2 aromatic heterocycles. The molecule has 5 heteroatoms. The molecule has 2 heterocycles. The molecule has 0 saturated heterocycles. The van der Waals surface area contributed by atoms with E-state index in [0.717, 1.165) is 17.2 Å². The van der Waals surface area contributed by atoms with Gasteiger partial charge in [0, 0.05) is 12.7 Å². The molecule has 0 saturated carbocycles. The van der Waals surface area contributed by atoms with Gasteiger partial charge in [-0.25, -0.2) is 9.97 Å². The van der Waals surface area contributed by atoms with Crippen molar-refractivity contribution in [1.29, 1.82) is 0 Å². The smallest absolute Gasteiger partial charge is 0.147 e. The molecule has 0 bridgehead atoms. The van der Waals surface area contributed by atoms with Gasteiger partial charge in [0.25, 0.3) is 0 Å². The van der Waals surface area contributed by atoms with Crippen LogP contribution in [0.25, 0.3) is 0 Å². The summed E-state index contributed by atoms with van der Waals surface area (Å²) >= 11 is 0. The van der Waals surface area contributed by atoms with Gasteiger partial charge in [0.1, 0.15) is 11.6 Å². The Bertz CT molecular complexity index is 495. The van der Waals surface area contributed by atoms with Gasteiger partial charge in [0.2, 0.25) is 0 Å². The van der Waals surface area contributed by atoms with Gasteiger partial charge in [-0.2, -0.15) is 0 Å². The summed E-state index contributed by atoms with van der Waals surface area (Å²) in [7, 11) is 1.95. The summed E-state index contributed by atoms with van der Waals surface area (Å²) in [4.78, 5) is 14.6. The zero-order valence-electron chi connectivity index (χ0n) is 9.96. The summed E-state index contributed by atoms with van der Waals surface area (Å²) < 4.78 is 0. The summed E-state index contributed by atoms with van der Waals surface area (Å²) in [5.74, 6) is 1.21. The van der Waals surface area contributed by atoms with E-state index in [1.165, 1.54) is 0 Å². The van der Waals surface area contributed by atoms with Crippen LogP contribution in [0.4, 0.5) is 11.6 Å². The maximum Gasteiger partial charge on any atom is 0.147 e. The van der Waals surface area contributed by atoms with Gasteiger partial charge in [0.15, 0.2) is 0 Å². The average Bonchev–Trinajstić information content (AvgIpc) is 2.29. The Hall–Kier alpha value is -2.17. The summed E-state index contributed by atoms with van der Waals surface area (Å²) in [6, 6.07) is 5.97. The predicted octanol–water partition coefficient (Wildman–Crippen LogP) is 1.40. The number of nitrogens with two attached hydrogens (primary N) is 1. The summed E-state index contributed by atoms with van der Waals surface area (Å²) in [5, 5.41) is 0. The highest BCUT2D eigenvalue weighted by molar-refractivity contribution is 5.38. The van der Waals surface area contributed by atoms with Crippen LogP contribution in [-0.4, -0.2) is 22.0 Å². The van der Waals surface area contributed by atoms with Crippen LogP contribution in [0.5, 0.6) is 0 Å². The van der Waals surface area contributed by atoms with Crippen molar-refractivity contribution in [3.05, 3.63) is 42.0 Å². The Morgan fingerprint density at radius 3 is 2.71 bits per heavy atom. The molecule has 0 radical (unpaired) electrons. The zero-order chi connectivity index (χ0) is 12.3. The van der Waals surface area contributed by atoms with Crippen LogP contribution >= 0.6 is 0 Å². The molecule has 0 aliphatic heterocycles. The number of aryl methyl sites for hydroxylation is 1. The van der Waals surface area contributed by atoms with Gasteiger partial charge < -0.3 is 10.6 Å². The Balaban J connectivity index is 2.11. The Morgan fingerprint density at radius 1 is 1.24 bits per heavy atom. The number of hydrogen-bond acceptors (Lipinski definition) is 5. The second kappa shape index (κ2) is 4.78. The lowest BCUT2D eigenvalue weighted by molar-refractivity contribution is 0.854. The topological polar surface area (TPSA) is 67.9 Å². The second-order valence-corrected chi connectivity index (χ2v) is 3.93. The van der Waals surface area contributed by atoms with Crippen molar-refractivity contribution >= 4 is 11.6 Å². The summed E-state index contributed by atoms with van der Waals surface area (Å²) in [5.41, 5.74) is 7.51. The fourth-order valence-electron chi connectivity index (χ4n) is 1.54. The standard InChI is InChI=1S/C12H15N5/c1-9-4-3-5-10(16-9)8-17(2)12-7-14-11(13)6-15-12/h3-7H,8H2,1-2H3,(H2,13,14). The van der Waals surface area contributed by atoms with Gasteiger partial charge in [0.05, 0.1) is 24.6 Å². The van der Waals surface area contributed by atoms with Crippen molar-refractivity contribution in [2.24, 2.45) is 0 Å². The predicted molar refractivity (Wildman–Crippen MR) is 67.5 cm³/mol. The first kappa shape index (κ1) is 11.3. The van der Waals surface area contributed by atoms with Crippen LogP contribution in [0.15, 0.2) is 30.6 Å². The van der Waals surface area contributed by atoms with Crippen LogP contribution in [0, 0.1) is 6.92 Å². The number of aromatic nitrogens is 3. The lowest BCUT2D eigenvalue weighted by atomic mass is 10.3. The molecule has 0 atom stereocenters. The highest BCUT2D eigenvalue weighted by atomic mass is 15.2. The van der Waals surface area contributed by atoms with E-state index >= 15 is 0 Å². The fourth-order valence-corrected chi connectivity index (χ4v) is 1.54. The van der Waals surface area contributed by atoms with Crippen molar-refractivity contribution < 1.29 is 0 Å². The van der Waals surface area contributed by atoms with Gasteiger partial charge in [-0.15, -0.1) is 0 Å². The van der Waals surface area contributed by atoms with Crippen molar-refractivity contribution in [3.8, 4) is 0 Å². The van der Waals surface area contributed by atoms with Crippen molar-refractivity contribution in [2.75, 3.05) is 17.7 Å². The molecule has 2 rings (SSSR count). The maximum atomic E-state index is 5.49. The van der Waals surface area contributed by atoms with Crippen LogP contribution < -0.4 is 10.6 Å². The lowest BCUT2D eigenvalue weighted by Crippen LogP contribution is -2.18. The van der Waals surface area contributed by atoms with E-state index < -0.39 is 0 Å². The first-order chi connectivity index (χ1) is 8.15. The maximum absolute atomic E-state index is 5.49. The molecule has 17 heavy (non-hydrogen) atoms. The van der Waals surface area contributed by atoms with E-state index in [1.54, 1.807) is 12.4 Å². The molecule has 88 valence electrons. The zero-order valence-corrected chi connectivity index (χ0v) is 9.96. The molecule has 0 fully saturated rings. The van der Waals surface area contributed by atoms with Crippen LogP contribution in [-0.2, 0) is 6.54 Å². The lowest BCUT2D eigenvalue weighted by Gasteiger charge is -2.17. The van der Waals surface area contributed by atoms with Gasteiger partial charge in [-0.05, 0) is 19.1 Å². The van der Waals surface area contributed by atoms with Gasteiger partial charge >= 0.3 is 0 Å². The van der Waals surface area contributed by atoms with Gasteiger partial charge in [-0.3, -0.25) is 4.98 Å². The highest BCUT2D eigenvalue weighted by Crippen LogP contribution is 2.10. The van der Waals surface area contributed by atoms with Crippen LogP contribution in [0.2, 0.25) is 0 Å². The normalized spacial score (nSPS) is 10.2. The van der Waals surface area contributed by atoms with Crippen LogP contribution in [0.1, 0.15) is 11.4 Å².